The van der Waals surface area contributed by atoms with Gasteiger partial charge in [0.1, 0.15) is 11.3 Å². The molecule has 4 rings (SSSR count). The predicted octanol–water partition coefficient (Wildman–Crippen LogP) is 3.28. The van der Waals surface area contributed by atoms with Crippen LogP contribution in [-0.2, 0) is 13.2 Å². The van der Waals surface area contributed by atoms with Gasteiger partial charge in [0.05, 0.1) is 16.6 Å². The molecule has 6 nitrogen and oxygen atoms in total. The fraction of sp³-hybridized carbons (Fsp3) is 0.312. The van der Waals surface area contributed by atoms with Crippen LogP contribution in [0.15, 0.2) is 34.9 Å². The summed E-state index contributed by atoms with van der Waals surface area (Å²) < 4.78 is 8.54. The summed E-state index contributed by atoms with van der Waals surface area (Å²) in [5.74, 6) is 1.72. The van der Waals surface area contributed by atoms with Crippen molar-refractivity contribution in [1.82, 2.24) is 20.0 Å². The van der Waals surface area contributed by atoms with Crippen LogP contribution in [0.5, 0.6) is 11.6 Å². The van der Waals surface area contributed by atoms with Gasteiger partial charge in [0, 0.05) is 18.3 Å². The molecule has 1 aliphatic rings. The van der Waals surface area contributed by atoms with E-state index in [0.717, 1.165) is 28.0 Å². The third-order valence-corrected chi connectivity index (χ3v) is 4.71. The van der Waals surface area contributed by atoms with Crippen molar-refractivity contribution in [3.8, 4) is 11.6 Å². The molecule has 0 atom stereocenters. The number of aliphatic hydroxyl groups is 1. The summed E-state index contributed by atoms with van der Waals surface area (Å²) in [6, 6.07) is 7.37. The van der Waals surface area contributed by atoms with Gasteiger partial charge in [-0.15, -0.1) is 5.10 Å². The Balaban J connectivity index is 1.69. The number of halogens is 1. The Kier molecular flexibility index (Phi) is 3.74. The van der Waals surface area contributed by atoms with Gasteiger partial charge in [0.25, 0.3) is 0 Å². The van der Waals surface area contributed by atoms with E-state index in [-0.39, 0.29) is 6.61 Å². The highest BCUT2D eigenvalue weighted by Crippen LogP contribution is 2.36. The number of rotatable bonds is 5. The molecule has 0 bridgehead atoms. The minimum atomic E-state index is -0.124. The number of hydrogen-bond acceptors (Lipinski definition) is 5. The van der Waals surface area contributed by atoms with Crippen LogP contribution in [0, 0.1) is 5.92 Å². The first-order valence-electron chi connectivity index (χ1n) is 7.50. The smallest absolute Gasteiger partial charge is 0.224 e. The van der Waals surface area contributed by atoms with Gasteiger partial charge in [0.15, 0.2) is 0 Å². The summed E-state index contributed by atoms with van der Waals surface area (Å²) in [6.45, 7) is 0.790. The number of nitrogens with zero attached hydrogens (tertiary/aromatic N) is 4. The van der Waals surface area contributed by atoms with E-state index in [9.17, 15) is 5.11 Å². The van der Waals surface area contributed by atoms with Crippen molar-refractivity contribution < 1.29 is 9.84 Å². The summed E-state index contributed by atoms with van der Waals surface area (Å²) in [4.78, 5) is 4.17. The van der Waals surface area contributed by atoms with E-state index >= 15 is 0 Å². The maximum atomic E-state index is 9.37. The molecule has 1 saturated carbocycles. The first-order valence-corrected chi connectivity index (χ1v) is 8.30. The van der Waals surface area contributed by atoms with Crippen LogP contribution in [0.1, 0.15) is 18.4 Å². The zero-order valence-electron chi connectivity index (χ0n) is 12.3. The molecular formula is C16H15BrN4O2. The van der Waals surface area contributed by atoms with Gasteiger partial charge in [-0.1, -0.05) is 5.21 Å². The molecule has 1 N–H and O–H groups in total. The molecule has 2 heterocycles. The van der Waals surface area contributed by atoms with Crippen LogP contribution in [-0.4, -0.2) is 25.1 Å². The van der Waals surface area contributed by atoms with E-state index < -0.39 is 0 Å². The Bertz CT molecular complexity index is 860. The second-order valence-electron chi connectivity index (χ2n) is 5.69. The number of pyridine rings is 1. The molecule has 0 amide bonds. The molecule has 2 aromatic heterocycles. The molecular weight excluding hydrogens is 360 g/mol. The van der Waals surface area contributed by atoms with Gasteiger partial charge in [-0.3, -0.25) is 0 Å². The van der Waals surface area contributed by atoms with Crippen LogP contribution < -0.4 is 4.74 Å². The molecule has 23 heavy (non-hydrogen) atoms. The van der Waals surface area contributed by atoms with Crippen LogP contribution in [0.3, 0.4) is 0 Å². The molecule has 0 radical (unpaired) electrons. The first kappa shape index (κ1) is 14.6. The third kappa shape index (κ3) is 2.82. The quantitative estimate of drug-likeness (QED) is 0.741. The minimum Gasteiger partial charge on any atom is -0.437 e. The minimum absolute atomic E-state index is 0.124. The molecule has 0 unspecified atom stereocenters. The van der Waals surface area contributed by atoms with Gasteiger partial charge in [-0.05, 0) is 59.0 Å². The normalized spacial score (nSPS) is 14.3. The summed E-state index contributed by atoms with van der Waals surface area (Å²) in [7, 11) is 0. The van der Waals surface area contributed by atoms with Crippen LogP contribution >= 0.6 is 15.9 Å². The summed E-state index contributed by atoms with van der Waals surface area (Å²) in [5, 5.41) is 17.9. The zero-order chi connectivity index (χ0) is 15.8. The highest BCUT2D eigenvalue weighted by molar-refractivity contribution is 9.10. The lowest BCUT2D eigenvalue weighted by atomic mass is 10.2. The Morgan fingerprint density at radius 2 is 2.17 bits per heavy atom. The van der Waals surface area contributed by atoms with E-state index in [2.05, 4.69) is 31.2 Å². The van der Waals surface area contributed by atoms with Crippen molar-refractivity contribution in [3.63, 3.8) is 0 Å². The Morgan fingerprint density at radius 1 is 1.30 bits per heavy atom. The molecule has 7 heteroatoms. The molecule has 1 aliphatic carbocycles. The Labute approximate surface area is 141 Å². The molecule has 0 saturated heterocycles. The van der Waals surface area contributed by atoms with Crippen molar-refractivity contribution in [2.75, 3.05) is 0 Å². The summed E-state index contributed by atoms with van der Waals surface area (Å²) in [6.07, 6.45) is 4.17. The lowest BCUT2D eigenvalue weighted by molar-refractivity contribution is 0.275. The number of benzene rings is 1. The van der Waals surface area contributed by atoms with Crippen LogP contribution in [0.4, 0.5) is 0 Å². The fourth-order valence-corrected chi connectivity index (χ4v) is 2.98. The van der Waals surface area contributed by atoms with E-state index in [1.54, 1.807) is 18.3 Å². The van der Waals surface area contributed by atoms with Crippen molar-refractivity contribution in [2.45, 2.75) is 26.0 Å². The maximum Gasteiger partial charge on any atom is 0.224 e. The molecule has 118 valence electrons. The van der Waals surface area contributed by atoms with Crippen molar-refractivity contribution >= 4 is 27.0 Å². The van der Waals surface area contributed by atoms with E-state index in [1.165, 1.54) is 12.8 Å². The Morgan fingerprint density at radius 3 is 2.96 bits per heavy atom. The fourth-order valence-electron chi connectivity index (χ4n) is 2.49. The van der Waals surface area contributed by atoms with Crippen LogP contribution in [0.2, 0.25) is 0 Å². The molecule has 0 aliphatic heterocycles. The highest BCUT2D eigenvalue weighted by Gasteiger charge is 2.24. The van der Waals surface area contributed by atoms with Crippen molar-refractivity contribution in [1.29, 1.82) is 0 Å². The average molecular weight is 375 g/mol. The highest BCUT2D eigenvalue weighted by atomic mass is 79.9. The first-order chi connectivity index (χ1) is 11.3. The van der Waals surface area contributed by atoms with E-state index in [0.29, 0.717) is 17.2 Å². The Hall–Kier alpha value is -1.99. The largest absolute Gasteiger partial charge is 0.437 e. The standard InChI is InChI=1S/C16H15BrN4O2/c17-14-13(23-16-11(9-22)2-1-7-18-16)6-5-12-15(14)19-20-21(12)8-10-3-4-10/h1-2,5-7,10,22H,3-4,8-9H2. The number of fused-ring (bicyclic) bond motifs is 1. The van der Waals surface area contributed by atoms with E-state index in [1.807, 2.05) is 16.8 Å². The van der Waals surface area contributed by atoms with Crippen LogP contribution in [0.25, 0.3) is 11.0 Å². The average Bonchev–Trinajstić information content (AvgIpc) is 3.29. The second-order valence-corrected chi connectivity index (χ2v) is 6.48. The van der Waals surface area contributed by atoms with Crippen molar-refractivity contribution in [2.24, 2.45) is 5.92 Å². The molecule has 1 fully saturated rings. The lowest BCUT2D eigenvalue weighted by Crippen LogP contribution is -2.01. The van der Waals surface area contributed by atoms with Gasteiger partial charge in [0.2, 0.25) is 5.88 Å². The summed E-state index contributed by atoms with van der Waals surface area (Å²) >= 11 is 3.55. The number of ether oxygens (including phenoxy) is 1. The van der Waals surface area contributed by atoms with Gasteiger partial charge in [-0.2, -0.15) is 0 Å². The number of aliphatic hydroxyl groups excluding tert-OH is 1. The summed E-state index contributed by atoms with van der Waals surface area (Å²) in [5.41, 5.74) is 2.39. The monoisotopic (exact) mass is 374 g/mol. The maximum absolute atomic E-state index is 9.37. The number of hydrogen-bond donors (Lipinski definition) is 1. The third-order valence-electron chi connectivity index (χ3n) is 3.95. The van der Waals surface area contributed by atoms with Gasteiger partial charge >= 0.3 is 0 Å². The predicted molar refractivity (Wildman–Crippen MR) is 88.2 cm³/mol. The van der Waals surface area contributed by atoms with Gasteiger partial charge < -0.3 is 9.84 Å². The van der Waals surface area contributed by atoms with E-state index in [4.69, 9.17) is 4.74 Å². The zero-order valence-corrected chi connectivity index (χ0v) is 13.9. The van der Waals surface area contributed by atoms with Gasteiger partial charge in [-0.25, -0.2) is 9.67 Å². The van der Waals surface area contributed by atoms with Crippen molar-refractivity contribution in [3.05, 3.63) is 40.5 Å². The molecule has 1 aromatic carbocycles. The topological polar surface area (TPSA) is 73.1 Å². The number of aromatic nitrogens is 4. The second kappa shape index (κ2) is 5.90. The lowest BCUT2D eigenvalue weighted by Gasteiger charge is -2.10. The SMILES string of the molecule is OCc1cccnc1Oc1ccc2c(nnn2CC2CC2)c1Br. The molecule has 0 spiro atoms. The molecule has 3 aromatic rings.